The van der Waals surface area contributed by atoms with Crippen molar-refractivity contribution in [3.63, 3.8) is 0 Å². The van der Waals surface area contributed by atoms with Gasteiger partial charge in [-0.1, -0.05) is 41.1 Å². The van der Waals surface area contributed by atoms with Gasteiger partial charge in [0.2, 0.25) is 5.91 Å². The first-order valence-corrected chi connectivity index (χ1v) is 11.7. The summed E-state index contributed by atoms with van der Waals surface area (Å²) >= 11 is 7.20. The standard InChI is InChI=1S/C22H23ClN6O4S/c1-4-28-20(14(3)24-21(31)15-7-5-6-13(2)10-15)26-27-22(28)34-12-19(30)25-18-11-16(29(32)33)8-9-17(18)23/h5-11,14H,4,12H2,1-3H3,(H,24,31)(H,25,30)/t14-/m1/s1. The average molecular weight is 503 g/mol. The van der Waals surface area contributed by atoms with E-state index in [4.69, 9.17) is 11.6 Å². The second-order valence-corrected chi connectivity index (χ2v) is 8.76. The number of non-ortho nitro benzene ring substituents is 1. The highest BCUT2D eigenvalue weighted by Gasteiger charge is 2.20. The number of aryl methyl sites for hydroxylation is 1. The number of hydrogen-bond acceptors (Lipinski definition) is 7. The summed E-state index contributed by atoms with van der Waals surface area (Å²) in [5.74, 6) is -0.0703. The van der Waals surface area contributed by atoms with Crippen molar-refractivity contribution >= 4 is 46.6 Å². The van der Waals surface area contributed by atoms with E-state index < -0.39 is 16.9 Å². The number of amides is 2. The van der Waals surface area contributed by atoms with E-state index in [1.165, 1.54) is 18.2 Å². The maximum Gasteiger partial charge on any atom is 0.271 e. The molecule has 0 saturated carbocycles. The first-order valence-electron chi connectivity index (χ1n) is 10.4. The Labute approximate surface area is 205 Å². The summed E-state index contributed by atoms with van der Waals surface area (Å²) in [6.07, 6.45) is 0. The van der Waals surface area contributed by atoms with Gasteiger partial charge in [0, 0.05) is 24.2 Å². The van der Waals surface area contributed by atoms with Gasteiger partial charge < -0.3 is 15.2 Å². The number of hydrogen-bond donors (Lipinski definition) is 2. The molecule has 178 valence electrons. The predicted molar refractivity (Wildman–Crippen MR) is 130 cm³/mol. The number of nitrogens with one attached hydrogen (secondary N) is 2. The molecule has 1 aromatic heterocycles. The van der Waals surface area contributed by atoms with Gasteiger partial charge in [0.25, 0.3) is 11.6 Å². The van der Waals surface area contributed by atoms with Gasteiger partial charge in [-0.15, -0.1) is 10.2 Å². The van der Waals surface area contributed by atoms with E-state index in [1.54, 1.807) is 12.1 Å². The summed E-state index contributed by atoms with van der Waals surface area (Å²) in [5, 5.41) is 25.5. The molecule has 0 aliphatic heterocycles. The fraction of sp³-hybridized carbons (Fsp3) is 0.273. The lowest BCUT2D eigenvalue weighted by atomic mass is 10.1. The Bertz CT molecular complexity index is 1230. The third kappa shape index (κ3) is 6.12. The van der Waals surface area contributed by atoms with E-state index in [-0.39, 0.29) is 28.1 Å². The fourth-order valence-electron chi connectivity index (χ4n) is 3.19. The van der Waals surface area contributed by atoms with E-state index in [2.05, 4.69) is 20.8 Å². The van der Waals surface area contributed by atoms with Crippen LogP contribution < -0.4 is 10.6 Å². The first-order chi connectivity index (χ1) is 16.2. The lowest BCUT2D eigenvalue weighted by Crippen LogP contribution is -2.28. The molecule has 3 rings (SSSR count). The highest BCUT2D eigenvalue weighted by molar-refractivity contribution is 7.99. The zero-order valence-electron chi connectivity index (χ0n) is 18.7. The SMILES string of the molecule is CCn1c(SCC(=O)Nc2cc([N+](=O)[O-])ccc2Cl)nnc1[C@@H](C)NC(=O)c1cccc(C)c1. The van der Waals surface area contributed by atoms with Crippen molar-refractivity contribution in [2.75, 3.05) is 11.1 Å². The Kier molecular flexibility index (Phi) is 8.24. The van der Waals surface area contributed by atoms with Crippen molar-refractivity contribution in [1.82, 2.24) is 20.1 Å². The topological polar surface area (TPSA) is 132 Å². The number of thioether (sulfide) groups is 1. The van der Waals surface area contributed by atoms with E-state index in [0.29, 0.717) is 23.1 Å². The zero-order valence-corrected chi connectivity index (χ0v) is 20.3. The summed E-state index contributed by atoms with van der Waals surface area (Å²) in [4.78, 5) is 35.4. The molecule has 0 unspecified atom stereocenters. The van der Waals surface area contributed by atoms with Crippen LogP contribution in [0.4, 0.5) is 11.4 Å². The molecule has 0 saturated heterocycles. The van der Waals surface area contributed by atoms with Gasteiger partial charge >= 0.3 is 0 Å². The number of benzene rings is 2. The minimum absolute atomic E-state index is 0.0127. The van der Waals surface area contributed by atoms with E-state index >= 15 is 0 Å². The maximum atomic E-state index is 12.6. The number of nitro benzene ring substituents is 1. The number of carbonyl (C=O) groups excluding carboxylic acids is 2. The fourth-order valence-corrected chi connectivity index (χ4v) is 4.17. The Morgan fingerprint density at radius 3 is 2.68 bits per heavy atom. The number of carbonyl (C=O) groups is 2. The second-order valence-electron chi connectivity index (χ2n) is 7.41. The minimum atomic E-state index is -0.565. The Balaban J connectivity index is 1.65. The monoisotopic (exact) mass is 502 g/mol. The quantitative estimate of drug-likeness (QED) is 0.252. The van der Waals surface area contributed by atoms with Crippen LogP contribution >= 0.6 is 23.4 Å². The molecule has 12 heteroatoms. The van der Waals surface area contributed by atoms with E-state index in [0.717, 1.165) is 17.3 Å². The van der Waals surface area contributed by atoms with Crippen LogP contribution in [0.1, 0.15) is 41.6 Å². The highest BCUT2D eigenvalue weighted by Crippen LogP contribution is 2.27. The summed E-state index contributed by atoms with van der Waals surface area (Å²) in [6.45, 7) is 6.18. The van der Waals surface area contributed by atoms with Crippen LogP contribution in [-0.2, 0) is 11.3 Å². The average Bonchev–Trinajstić information content (AvgIpc) is 3.22. The molecule has 0 radical (unpaired) electrons. The Morgan fingerprint density at radius 1 is 1.24 bits per heavy atom. The van der Waals surface area contributed by atoms with Crippen LogP contribution in [-0.4, -0.2) is 37.3 Å². The van der Waals surface area contributed by atoms with Crippen molar-refractivity contribution in [2.24, 2.45) is 0 Å². The Hall–Kier alpha value is -3.44. The minimum Gasteiger partial charge on any atom is -0.342 e. The molecule has 2 amide bonds. The molecule has 0 fully saturated rings. The maximum absolute atomic E-state index is 12.6. The number of aromatic nitrogens is 3. The third-order valence-corrected chi connectivity index (χ3v) is 6.14. The predicted octanol–water partition coefficient (Wildman–Crippen LogP) is 4.39. The number of nitro groups is 1. The van der Waals surface area contributed by atoms with E-state index in [1.807, 2.05) is 37.5 Å². The van der Waals surface area contributed by atoms with Gasteiger partial charge in [0.15, 0.2) is 11.0 Å². The molecule has 1 atom stereocenters. The van der Waals surface area contributed by atoms with Gasteiger partial charge in [-0.3, -0.25) is 19.7 Å². The molecule has 0 bridgehead atoms. The van der Waals surface area contributed by atoms with E-state index in [9.17, 15) is 19.7 Å². The molecule has 3 aromatic rings. The Morgan fingerprint density at radius 2 is 2.00 bits per heavy atom. The summed E-state index contributed by atoms with van der Waals surface area (Å²) in [7, 11) is 0. The molecule has 2 aromatic carbocycles. The van der Waals surface area contributed by atoms with Crippen molar-refractivity contribution in [3.8, 4) is 0 Å². The normalized spacial score (nSPS) is 11.6. The molecule has 0 aliphatic carbocycles. The van der Waals surface area contributed by atoms with Gasteiger partial charge in [-0.2, -0.15) is 0 Å². The number of anilines is 1. The number of rotatable bonds is 9. The van der Waals surface area contributed by atoms with Crippen molar-refractivity contribution in [3.05, 3.63) is 74.6 Å². The molecule has 0 aliphatic rings. The lowest BCUT2D eigenvalue weighted by molar-refractivity contribution is -0.384. The van der Waals surface area contributed by atoms with Crippen LogP contribution in [0.15, 0.2) is 47.6 Å². The van der Waals surface area contributed by atoms with Crippen LogP contribution in [0, 0.1) is 17.0 Å². The lowest BCUT2D eigenvalue weighted by Gasteiger charge is -2.15. The number of halogens is 1. The molecule has 34 heavy (non-hydrogen) atoms. The molecular formula is C22H23ClN6O4S. The molecular weight excluding hydrogens is 480 g/mol. The third-order valence-electron chi connectivity index (χ3n) is 4.84. The highest BCUT2D eigenvalue weighted by atomic mass is 35.5. The van der Waals surface area contributed by atoms with Gasteiger partial charge in [-0.05, 0) is 39.0 Å². The van der Waals surface area contributed by atoms with Crippen molar-refractivity contribution in [2.45, 2.75) is 38.5 Å². The van der Waals surface area contributed by atoms with Gasteiger partial charge in [0.1, 0.15) is 0 Å². The van der Waals surface area contributed by atoms with Crippen molar-refractivity contribution in [1.29, 1.82) is 0 Å². The van der Waals surface area contributed by atoms with Crippen LogP contribution in [0.2, 0.25) is 5.02 Å². The van der Waals surface area contributed by atoms with Crippen LogP contribution in [0.3, 0.4) is 0 Å². The van der Waals surface area contributed by atoms with Crippen LogP contribution in [0.25, 0.3) is 0 Å². The van der Waals surface area contributed by atoms with Gasteiger partial charge in [-0.25, -0.2) is 0 Å². The molecule has 2 N–H and O–H groups in total. The smallest absolute Gasteiger partial charge is 0.271 e. The largest absolute Gasteiger partial charge is 0.342 e. The van der Waals surface area contributed by atoms with Crippen LogP contribution in [0.5, 0.6) is 0 Å². The van der Waals surface area contributed by atoms with Crippen molar-refractivity contribution < 1.29 is 14.5 Å². The summed E-state index contributed by atoms with van der Waals surface area (Å²) < 4.78 is 1.82. The number of nitrogens with zero attached hydrogens (tertiary/aromatic N) is 4. The molecule has 10 nitrogen and oxygen atoms in total. The summed E-state index contributed by atoms with van der Waals surface area (Å²) in [6, 6.07) is 10.7. The van der Waals surface area contributed by atoms with Gasteiger partial charge in [0.05, 0.1) is 27.4 Å². The summed E-state index contributed by atoms with van der Waals surface area (Å²) in [5.41, 5.74) is 1.52. The first kappa shape index (κ1) is 25.2. The zero-order chi connectivity index (χ0) is 24.8. The second kappa shape index (κ2) is 11.1. The molecule has 0 spiro atoms. The molecule has 1 heterocycles.